The van der Waals surface area contributed by atoms with E-state index in [0.717, 1.165) is 12.8 Å². The monoisotopic (exact) mass is 716 g/mol. The van der Waals surface area contributed by atoms with Crippen molar-refractivity contribution >= 4 is 53.0 Å². The van der Waals surface area contributed by atoms with Crippen LogP contribution in [0.15, 0.2) is 220 Å². The summed E-state index contributed by atoms with van der Waals surface area (Å²) < 4.78 is 0. The smallest absolute Gasteiger partial charge is 0.106 e. The summed E-state index contributed by atoms with van der Waals surface area (Å²) in [5.74, 6) is 0. The van der Waals surface area contributed by atoms with E-state index in [9.17, 15) is 0 Å². The normalized spacial score (nSPS) is 19.7. The Morgan fingerprint density at radius 3 is 0.600 bits per heavy atom. The maximum Gasteiger partial charge on any atom is 0.135 e. The van der Waals surface area contributed by atoms with Crippen molar-refractivity contribution in [2.45, 2.75) is 35.0 Å². The molecule has 0 heterocycles. The molecule has 0 amide bonds. The molecule has 50 heavy (non-hydrogen) atoms. The summed E-state index contributed by atoms with van der Waals surface area (Å²) in [6.45, 7) is 37.1. The number of hydrogen-bond acceptors (Lipinski definition) is 0. The Hall–Kier alpha value is -4.33. The molecule has 0 aromatic heterocycles. The Morgan fingerprint density at radius 2 is 0.460 bits per heavy atom. The van der Waals surface area contributed by atoms with Crippen LogP contribution < -0.4 is 20.7 Å². The first-order valence-corrected chi connectivity index (χ1v) is 26.6. The van der Waals surface area contributed by atoms with Gasteiger partial charge in [0.15, 0.2) is 0 Å². The molecule has 1 aliphatic rings. The Balaban J connectivity index is 1.92. The van der Waals surface area contributed by atoms with Crippen molar-refractivity contribution < 1.29 is 0 Å². The third-order valence-corrected chi connectivity index (χ3v) is 31.1. The van der Waals surface area contributed by atoms with E-state index in [1.807, 2.05) is 0 Å². The molecule has 0 spiro atoms. The van der Waals surface area contributed by atoms with Crippen LogP contribution in [0.4, 0.5) is 0 Å². The predicted octanol–water partition coefficient (Wildman–Crippen LogP) is 9.49. The lowest BCUT2D eigenvalue weighted by Crippen LogP contribution is -2.65. The molecule has 1 aliphatic carbocycles. The molecule has 0 radical (unpaired) electrons. The largest absolute Gasteiger partial charge is 0.135 e. The van der Waals surface area contributed by atoms with Gasteiger partial charge in [0.1, 0.15) is 32.3 Å². The lowest BCUT2D eigenvalue weighted by Gasteiger charge is -2.58. The van der Waals surface area contributed by atoms with Gasteiger partial charge < -0.3 is 0 Å². The first-order valence-electron chi connectivity index (χ1n) is 17.7. The lowest BCUT2D eigenvalue weighted by atomic mass is 9.97. The van der Waals surface area contributed by atoms with Crippen molar-refractivity contribution in [3.63, 3.8) is 0 Å². The van der Waals surface area contributed by atoms with E-state index >= 15 is 0 Å². The number of hydrogen-bond donors (Lipinski definition) is 0. The Kier molecular flexibility index (Phi) is 11.6. The Bertz CT molecular complexity index is 1520. The van der Waals surface area contributed by atoms with Crippen molar-refractivity contribution in [1.82, 2.24) is 0 Å². The van der Waals surface area contributed by atoms with Gasteiger partial charge in [-0.05, 0) is 22.2 Å². The maximum atomic E-state index is 4.63. The number of benzene rings is 4. The molecule has 5 rings (SSSR count). The molecule has 0 nitrogen and oxygen atoms in total. The zero-order valence-corrected chi connectivity index (χ0v) is 33.5. The minimum atomic E-state index is -2.61. The van der Waals surface area contributed by atoms with Crippen LogP contribution in [0.5, 0.6) is 0 Å². The van der Waals surface area contributed by atoms with Crippen molar-refractivity contribution in [3.05, 3.63) is 220 Å². The lowest BCUT2D eigenvalue weighted by molar-refractivity contribution is 0.474. The zero-order chi connectivity index (χ0) is 35.8. The second kappa shape index (κ2) is 15.7. The fourth-order valence-electron chi connectivity index (χ4n) is 9.57. The van der Waals surface area contributed by atoms with E-state index in [1.165, 1.54) is 20.7 Å². The second-order valence-electron chi connectivity index (χ2n) is 13.7. The van der Waals surface area contributed by atoms with Gasteiger partial charge >= 0.3 is 0 Å². The van der Waals surface area contributed by atoms with Gasteiger partial charge in [-0.15, -0.1) is 52.6 Å². The molecule has 0 bridgehead atoms. The van der Waals surface area contributed by atoms with E-state index in [4.69, 9.17) is 0 Å². The Labute approximate surface area is 306 Å². The van der Waals surface area contributed by atoms with E-state index in [1.54, 1.807) is 0 Å². The molecule has 0 aliphatic heterocycles. The fraction of sp³-hybridized carbons (Fsp3) is 0.130. The van der Waals surface area contributed by atoms with Gasteiger partial charge in [-0.25, -0.2) is 0 Å². The van der Waals surface area contributed by atoms with Crippen molar-refractivity contribution in [3.8, 4) is 0 Å². The highest BCUT2D eigenvalue weighted by atomic mass is 28.3. The summed E-state index contributed by atoms with van der Waals surface area (Å²) in [5, 5.41) is 5.41. The van der Waals surface area contributed by atoms with E-state index in [0.29, 0.717) is 0 Å². The van der Waals surface area contributed by atoms with Crippen molar-refractivity contribution in [2.24, 2.45) is 0 Å². The second-order valence-corrected chi connectivity index (χ2v) is 29.7. The van der Waals surface area contributed by atoms with E-state index in [-0.39, 0.29) is 22.2 Å². The zero-order valence-electron chi connectivity index (χ0n) is 29.5. The summed E-state index contributed by atoms with van der Waals surface area (Å²) in [6.07, 6.45) is 1.97. The molecule has 4 unspecified atom stereocenters. The van der Waals surface area contributed by atoms with Gasteiger partial charge in [0, 0.05) is 0 Å². The van der Waals surface area contributed by atoms with Gasteiger partial charge in [-0.3, -0.25) is 0 Å². The number of rotatable bonds is 16. The summed E-state index contributed by atoms with van der Waals surface area (Å²) in [7, 11) is -10.4. The first kappa shape index (κ1) is 36.9. The summed E-state index contributed by atoms with van der Waals surface area (Å²) in [5.41, 5.74) is 19.5. The SMILES string of the molecule is C=C[Si](C=C)(c1ccccc1)C1CC([Si](C=C)(C=C)c2ccccc2)C([Si](C=C)(C=C)c2ccccc2)CC1[Si](C=C)(C=C)c1ccccc1. The van der Waals surface area contributed by atoms with Gasteiger partial charge in [0.2, 0.25) is 0 Å². The van der Waals surface area contributed by atoms with Gasteiger partial charge in [0.05, 0.1) is 0 Å². The van der Waals surface area contributed by atoms with E-state index < -0.39 is 32.3 Å². The predicted molar refractivity (Wildman–Crippen MR) is 233 cm³/mol. The fourth-order valence-corrected chi connectivity index (χ4v) is 28.9. The molecule has 0 saturated heterocycles. The van der Waals surface area contributed by atoms with Gasteiger partial charge in [-0.2, -0.15) is 0 Å². The first-order chi connectivity index (χ1) is 24.4. The molecule has 1 fully saturated rings. The van der Waals surface area contributed by atoms with Crippen LogP contribution in [0.2, 0.25) is 22.2 Å². The molecule has 1 saturated carbocycles. The van der Waals surface area contributed by atoms with Crippen LogP contribution >= 0.6 is 0 Å². The molecule has 252 valence electrons. The summed E-state index contributed by atoms with van der Waals surface area (Å²) in [6, 6.07) is 44.3. The molecule has 4 aromatic rings. The van der Waals surface area contributed by atoms with Crippen LogP contribution in [0.25, 0.3) is 0 Å². The average molecular weight is 717 g/mol. The minimum absolute atomic E-state index is 0.275. The summed E-state index contributed by atoms with van der Waals surface area (Å²) >= 11 is 0. The van der Waals surface area contributed by atoms with Crippen LogP contribution in [0.1, 0.15) is 12.8 Å². The third-order valence-electron chi connectivity index (χ3n) is 12.2. The maximum absolute atomic E-state index is 4.63. The van der Waals surface area contributed by atoms with Crippen LogP contribution in [-0.2, 0) is 0 Å². The van der Waals surface area contributed by atoms with Crippen LogP contribution in [-0.4, -0.2) is 32.3 Å². The van der Waals surface area contributed by atoms with Crippen molar-refractivity contribution in [1.29, 1.82) is 0 Å². The highest BCUT2D eigenvalue weighted by molar-refractivity contribution is 7.08. The van der Waals surface area contributed by atoms with Crippen molar-refractivity contribution in [2.75, 3.05) is 0 Å². The third kappa shape index (κ3) is 5.94. The molecular formula is C46H52Si4. The molecule has 0 N–H and O–H groups in total. The van der Waals surface area contributed by atoms with Crippen LogP contribution in [0.3, 0.4) is 0 Å². The highest BCUT2D eigenvalue weighted by Crippen LogP contribution is 2.63. The quantitative estimate of drug-likeness (QED) is 0.101. The van der Waals surface area contributed by atoms with E-state index in [2.05, 4.69) is 220 Å². The Morgan fingerprint density at radius 1 is 0.300 bits per heavy atom. The molecule has 4 aromatic carbocycles. The topological polar surface area (TPSA) is 0 Å². The van der Waals surface area contributed by atoms with Crippen LogP contribution in [0, 0.1) is 0 Å². The highest BCUT2D eigenvalue weighted by Gasteiger charge is 2.61. The minimum Gasteiger partial charge on any atom is -0.106 e. The molecular weight excluding hydrogens is 665 g/mol. The van der Waals surface area contributed by atoms with Gasteiger partial charge in [-0.1, -0.05) is 201 Å². The summed E-state index contributed by atoms with van der Waals surface area (Å²) in [4.78, 5) is 0. The standard InChI is InChI=1S/C46H52Si4/c1-9-47(10-2,39-29-21-17-22-30-39)43-37-45(49(13-5,14-6)41-33-25-19-26-34-41)46(50(15-7,16-8)42-35-27-20-28-36-42)38-44(43)48(11-3,12-4)40-31-23-18-24-32-40/h9-36,43-46H,1-8,37-38H2. The molecule has 4 heteroatoms. The average Bonchev–Trinajstić information content (AvgIpc) is 3.20. The molecule has 4 atom stereocenters. The van der Waals surface area contributed by atoms with Gasteiger partial charge in [0.25, 0.3) is 0 Å².